The molecule has 1 aromatic rings. The minimum atomic E-state index is -0.920. The van der Waals surface area contributed by atoms with E-state index in [0.717, 1.165) is 11.3 Å². The fourth-order valence-corrected chi connectivity index (χ4v) is 1.73. The largest absolute Gasteiger partial charge is 0.497 e. The van der Waals surface area contributed by atoms with E-state index in [1.165, 1.54) is 4.90 Å². The summed E-state index contributed by atoms with van der Waals surface area (Å²) < 4.78 is 5.05. The summed E-state index contributed by atoms with van der Waals surface area (Å²) in [7, 11) is 1.58. The van der Waals surface area contributed by atoms with Gasteiger partial charge in [0.2, 0.25) is 5.91 Å². The van der Waals surface area contributed by atoms with Gasteiger partial charge in [0.15, 0.2) is 0 Å². The van der Waals surface area contributed by atoms with Crippen LogP contribution >= 0.6 is 0 Å². The Balaban J connectivity index is 2.63. The molecule has 1 amide bonds. The molecule has 0 unspecified atom stereocenters. The minimum absolute atomic E-state index is 0.0673. The lowest BCUT2D eigenvalue weighted by Gasteiger charge is -2.20. The third-order valence-electron chi connectivity index (χ3n) is 2.81. The van der Waals surface area contributed by atoms with Gasteiger partial charge in [0, 0.05) is 13.1 Å². The maximum absolute atomic E-state index is 12.1. The average molecular weight is 277 g/mol. The number of benzene rings is 1. The molecule has 0 radical (unpaired) electrons. The molecule has 0 aromatic heterocycles. The van der Waals surface area contributed by atoms with Crippen molar-refractivity contribution in [1.29, 1.82) is 0 Å². The molecule has 0 spiro atoms. The van der Waals surface area contributed by atoms with Crippen LogP contribution in [0.3, 0.4) is 0 Å². The summed E-state index contributed by atoms with van der Waals surface area (Å²) in [5, 5.41) is 8.68. The lowest BCUT2D eigenvalue weighted by Crippen LogP contribution is -2.34. The topological polar surface area (TPSA) is 66.8 Å². The van der Waals surface area contributed by atoms with Crippen LogP contribution in [0.5, 0.6) is 5.75 Å². The Morgan fingerprint density at radius 3 is 2.50 bits per heavy atom. The van der Waals surface area contributed by atoms with E-state index in [2.05, 4.69) is 6.58 Å². The highest BCUT2D eigenvalue weighted by molar-refractivity contribution is 5.79. The van der Waals surface area contributed by atoms with Gasteiger partial charge in [-0.1, -0.05) is 18.2 Å². The van der Waals surface area contributed by atoms with Gasteiger partial charge in [-0.05, 0) is 17.7 Å². The second-order valence-corrected chi connectivity index (χ2v) is 4.30. The standard InChI is InChI=1S/C15H19NO4/c1-3-9-16(10-8-15(18)19)14(17)11-12-4-6-13(20-2)7-5-12/h3-7H,1,8-11H2,2H3,(H,18,19). The molecule has 0 aliphatic rings. The van der Waals surface area contributed by atoms with Crippen molar-refractivity contribution >= 4 is 11.9 Å². The van der Waals surface area contributed by atoms with E-state index in [1.54, 1.807) is 25.3 Å². The summed E-state index contributed by atoms with van der Waals surface area (Å²) in [5.41, 5.74) is 0.861. The van der Waals surface area contributed by atoms with Crippen LogP contribution in [0.25, 0.3) is 0 Å². The van der Waals surface area contributed by atoms with Gasteiger partial charge < -0.3 is 14.7 Å². The number of nitrogens with zero attached hydrogens (tertiary/aromatic N) is 1. The van der Waals surface area contributed by atoms with Crippen molar-refractivity contribution in [3.63, 3.8) is 0 Å². The Labute approximate surface area is 118 Å². The van der Waals surface area contributed by atoms with E-state index < -0.39 is 5.97 Å². The summed E-state index contributed by atoms with van der Waals surface area (Å²) in [6.07, 6.45) is 1.76. The number of ether oxygens (including phenoxy) is 1. The molecule has 0 atom stereocenters. The van der Waals surface area contributed by atoms with Crippen molar-refractivity contribution in [2.45, 2.75) is 12.8 Å². The van der Waals surface area contributed by atoms with Crippen LogP contribution in [0.2, 0.25) is 0 Å². The van der Waals surface area contributed by atoms with Crippen LogP contribution in [-0.2, 0) is 16.0 Å². The lowest BCUT2D eigenvalue weighted by atomic mass is 10.1. The first-order valence-corrected chi connectivity index (χ1v) is 6.30. The first kappa shape index (κ1) is 15.8. The van der Waals surface area contributed by atoms with Crippen molar-refractivity contribution in [3.05, 3.63) is 42.5 Å². The molecular weight excluding hydrogens is 258 g/mol. The number of carbonyl (C=O) groups is 2. The summed E-state index contributed by atoms with van der Waals surface area (Å²) in [6, 6.07) is 7.22. The van der Waals surface area contributed by atoms with Crippen LogP contribution in [0.4, 0.5) is 0 Å². The molecule has 1 N–H and O–H groups in total. The van der Waals surface area contributed by atoms with E-state index >= 15 is 0 Å². The number of carboxylic acids is 1. The van der Waals surface area contributed by atoms with Crippen molar-refractivity contribution in [1.82, 2.24) is 4.90 Å². The van der Waals surface area contributed by atoms with Crippen LogP contribution in [0.15, 0.2) is 36.9 Å². The zero-order valence-electron chi connectivity index (χ0n) is 11.5. The fourth-order valence-electron chi connectivity index (χ4n) is 1.73. The van der Waals surface area contributed by atoms with Gasteiger partial charge in [0.1, 0.15) is 5.75 Å². The highest BCUT2D eigenvalue weighted by Crippen LogP contribution is 2.12. The van der Waals surface area contributed by atoms with Crippen LogP contribution < -0.4 is 4.74 Å². The molecule has 1 aromatic carbocycles. The summed E-state index contributed by atoms with van der Waals surface area (Å²) in [4.78, 5) is 24.2. The molecule has 1 rings (SSSR count). The van der Waals surface area contributed by atoms with Crippen LogP contribution in [0, 0.1) is 0 Å². The molecule has 20 heavy (non-hydrogen) atoms. The highest BCUT2D eigenvalue weighted by Gasteiger charge is 2.14. The zero-order chi connectivity index (χ0) is 15.0. The molecule has 0 bridgehead atoms. The predicted molar refractivity (Wildman–Crippen MR) is 75.7 cm³/mol. The van der Waals surface area contributed by atoms with Gasteiger partial charge in [0.05, 0.1) is 20.0 Å². The summed E-state index contributed by atoms with van der Waals surface area (Å²) in [5.74, 6) is -0.303. The SMILES string of the molecule is C=CCN(CCC(=O)O)C(=O)Cc1ccc(OC)cc1. The van der Waals surface area contributed by atoms with E-state index in [4.69, 9.17) is 9.84 Å². The molecule has 0 heterocycles. The molecule has 0 saturated heterocycles. The van der Waals surface area contributed by atoms with Gasteiger partial charge >= 0.3 is 5.97 Å². The third kappa shape index (κ3) is 5.14. The van der Waals surface area contributed by atoms with Gasteiger partial charge in [-0.2, -0.15) is 0 Å². The third-order valence-corrected chi connectivity index (χ3v) is 2.81. The minimum Gasteiger partial charge on any atom is -0.497 e. The zero-order valence-corrected chi connectivity index (χ0v) is 11.5. The Morgan fingerprint density at radius 1 is 1.35 bits per heavy atom. The van der Waals surface area contributed by atoms with Gasteiger partial charge in [-0.25, -0.2) is 0 Å². The van der Waals surface area contributed by atoms with Crippen molar-refractivity contribution < 1.29 is 19.4 Å². The second-order valence-electron chi connectivity index (χ2n) is 4.30. The fraction of sp³-hybridized carbons (Fsp3) is 0.333. The maximum Gasteiger partial charge on any atom is 0.305 e. The molecule has 108 valence electrons. The van der Waals surface area contributed by atoms with E-state index in [9.17, 15) is 9.59 Å². The predicted octanol–water partition coefficient (Wildman–Crippen LogP) is 1.73. The summed E-state index contributed by atoms with van der Waals surface area (Å²) >= 11 is 0. The maximum atomic E-state index is 12.1. The number of hydrogen-bond acceptors (Lipinski definition) is 3. The molecular formula is C15H19NO4. The Bertz CT molecular complexity index is 467. The number of methoxy groups -OCH3 is 1. The normalized spacial score (nSPS) is 9.85. The number of amides is 1. The molecule has 5 nitrogen and oxygen atoms in total. The quantitative estimate of drug-likeness (QED) is 0.735. The smallest absolute Gasteiger partial charge is 0.305 e. The number of rotatable bonds is 8. The van der Waals surface area contributed by atoms with Gasteiger partial charge in [0.25, 0.3) is 0 Å². The van der Waals surface area contributed by atoms with E-state index in [1.807, 2.05) is 12.1 Å². The average Bonchev–Trinajstić information content (AvgIpc) is 2.44. The first-order valence-electron chi connectivity index (χ1n) is 6.30. The molecule has 0 aliphatic carbocycles. The van der Waals surface area contributed by atoms with Crippen LogP contribution in [0.1, 0.15) is 12.0 Å². The Morgan fingerprint density at radius 2 is 2.00 bits per heavy atom. The molecule has 0 fully saturated rings. The van der Waals surface area contributed by atoms with Crippen molar-refractivity contribution in [2.75, 3.05) is 20.2 Å². The van der Waals surface area contributed by atoms with Crippen molar-refractivity contribution in [2.24, 2.45) is 0 Å². The molecule has 0 saturated carbocycles. The number of hydrogen-bond donors (Lipinski definition) is 1. The number of aliphatic carboxylic acids is 1. The Kier molecular flexibility index (Phi) is 6.29. The Hall–Kier alpha value is -2.30. The second kappa shape index (κ2) is 7.99. The number of carboxylic acid groups (broad SMARTS) is 1. The first-order chi connectivity index (χ1) is 9.56. The monoisotopic (exact) mass is 277 g/mol. The summed E-state index contributed by atoms with van der Waals surface area (Å²) in [6.45, 7) is 4.12. The van der Waals surface area contributed by atoms with E-state index in [0.29, 0.717) is 6.54 Å². The van der Waals surface area contributed by atoms with Gasteiger partial charge in [-0.15, -0.1) is 6.58 Å². The number of carbonyl (C=O) groups excluding carboxylic acids is 1. The lowest BCUT2D eigenvalue weighted by molar-refractivity contribution is -0.138. The molecule has 5 heteroatoms. The van der Waals surface area contributed by atoms with Crippen LogP contribution in [-0.4, -0.2) is 42.1 Å². The van der Waals surface area contributed by atoms with Gasteiger partial charge in [-0.3, -0.25) is 9.59 Å². The van der Waals surface area contributed by atoms with E-state index in [-0.39, 0.29) is 25.3 Å². The highest BCUT2D eigenvalue weighted by atomic mass is 16.5. The van der Waals surface area contributed by atoms with Crippen molar-refractivity contribution in [3.8, 4) is 5.75 Å². The molecule has 0 aliphatic heterocycles.